The number of rotatable bonds is 3. The minimum Gasteiger partial charge on any atom is -0.327 e. The molecule has 1 unspecified atom stereocenters. The van der Waals surface area contributed by atoms with Gasteiger partial charge in [0.15, 0.2) is 0 Å². The first-order valence-corrected chi connectivity index (χ1v) is 7.15. The molecule has 2 rings (SSSR count). The van der Waals surface area contributed by atoms with E-state index in [1.807, 2.05) is 11.8 Å². The highest BCUT2D eigenvalue weighted by molar-refractivity contribution is 7.98. The van der Waals surface area contributed by atoms with Crippen molar-refractivity contribution in [2.45, 2.75) is 50.0 Å². The molecule has 0 bridgehead atoms. The summed E-state index contributed by atoms with van der Waals surface area (Å²) in [7, 11) is 0. The lowest BCUT2D eigenvalue weighted by atomic mass is 9.87. The lowest BCUT2D eigenvalue weighted by Gasteiger charge is -2.24. The van der Waals surface area contributed by atoms with Crippen molar-refractivity contribution in [3.63, 3.8) is 0 Å². The number of hydrogen-bond donors (Lipinski definition) is 1. The van der Waals surface area contributed by atoms with Crippen LogP contribution in [0, 0.1) is 13.8 Å². The fourth-order valence-electron chi connectivity index (χ4n) is 2.45. The predicted octanol–water partition coefficient (Wildman–Crippen LogP) is 3.40. The van der Waals surface area contributed by atoms with Crippen LogP contribution in [0.5, 0.6) is 0 Å². The van der Waals surface area contributed by atoms with Gasteiger partial charge in [-0.1, -0.05) is 6.07 Å². The van der Waals surface area contributed by atoms with Gasteiger partial charge >= 0.3 is 0 Å². The van der Waals surface area contributed by atoms with Crippen molar-refractivity contribution < 1.29 is 0 Å². The van der Waals surface area contributed by atoms with Gasteiger partial charge in [-0.3, -0.25) is 0 Å². The van der Waals surface area contributed by atoms with Crippen molar-refractivity contribution in [3.05, 3.63) is 28.8 Å². The van der Waals surface area contributed by atoms with Crippen molar-refractivity contribution in [1.82, 2.24) is 0 Å². The fraction of sp³-hybridized carbons (Fsp3) is 0.571. The Bertz CT molecular complexity index is 405. The van der Waals surface area contributed by atoms with E-state index in [0.29, 0.717) is 0 Å². The van der Waals surface area contributed by atoms with Gasteiger partial charge in [0.1, 0.15) is 0 Å². The smallest absolute Gasteiger partial charge is 0.0113 e. The first-order valence-electron chi connectivity index (χ1n) is 5.92. The third kappa shape index (κ3) is 1.78. The van der Waals surface area contributed by atoms with Crippen molar-refractivity contribution in [2.24, 2.45) is 5.73 Å². The summed E-state index contributed by atoms with van der Waals surface area (Å²) >= 11 is 1.85. The third-order valence-corrected chi connectivity index (χ3v) is 4.79. The minimum atomic E-state index is 0.264. The van der Waals surface area contributed by atoms with Gasteiger partial charge in [0.05, 0.1) is 0 Å². The van der Waals surface area contributed by atoms with Crippen LogP contribution in [0.25, 0.3) is 0 Å². The zero-order valence-corrected chi connectivity index (χ0v) is 11.4. The predicted molar refractivity (Wildman–Crippen MR) is 72.3 cm³/mol. The normalized spacial score (nSPS) is 19.6. The van der Waals surface area contributed by atoms with Gasteiger partial charge in [0, 0.05) is 16.4 Å². The summed E-state index contributed by atoms with van der Waals surface area (Å²) in [6, 6.07) is 4.94. The Balaban J connectivity index is 2.52. The largest absolute Gasteiger partial charge is 0.327 e. The van der Waals surface area contributed by atoms with E-state index in [1.54, 1.807) is 0 Å². The lowest BCUT2D eigenvalue weighted by molar-refractivity contribution is 0.548. The molecule has 88 valence electrons. The molecular formula is C14H21NS. The molecule has 1 nitrogen and oxygen atoms in total. The first kappa shape index (κ1) is 12.0. The molecule has 1 aliphatic rings. The summed E-state index contributed by atoms with van der Waals surface area (Å²) in [5, 5.41) is 0. The van der Waals surface area contributed by atoms with E-state index >= 15 is 0 Å². The van der Waals surface area contributed by atoms with Crippen LogP contribution in [0.3, 0.4) is 0 Å². The summed E-state index contributed by atoms with van der Waals surface area (Å²) in [6.45, 7) is 6.52. The van der Waals surface area contributed by atoms with Crippen LogP contribution in [0.4, 0.5) is 0 Å². The number of thioether (sulfide) groups is 1. The second-order valence-electron chi connectivity index (χ2n) is 5.08. The van der Waals surface area contributed by atoms with E-state index in [1.165, 1.54) is 34.4 Å². The highest BCUT2D eigenvalue weighted by atomic mass is 32.2. The second kappa shape index (κ2) is 4.08. The molecule has 1 aliphatic carbocycles. The number of benzene rings is 1. The highest BCUT2D eigenvalue weighted by Gasteiger charge is 2.48. The Kier molecular flexibility index (Phi) is 3.06. The Morgan fingerprint density at radius 3 is 2.25 bits per heavy atom. The van der Waals surface area contributed by atoms with Gasteiger partial charge < -0.3 is 5.73 Å². The van der Waals surface area contributed by atoms with Crippen LogP contribution < -0.4 is 5.73 Å². The second-order valence-corrected chi connectivity index (χ2v) is 5.93. The van der Waals surface area contributed by atoms with E-state index < -0.39 is 0 Å². The molecule has 2 heteroatoms. The van der Waals surface area contributed by atoms with E-state index in [0.717, 1.165) is 0 Å². The monoisotopic (exact) mass is 235 g/mol. The molecule has 0 spiro atoms. The van der Waals surface area contributed by atoms with Crippen LogP contribution in [-0.2, 0) is 5.41 Å². The van der Waals surface area contributed by atoms with Crippen LogP contribution in [0.15, 0.2) is 17.0 Å². The Morgan fingerprint density at radius 2 is 1.81 bits per heavy atom. The van der Waals surface area contributed by atoms with E-state index in [2.05, 4.69) is 39.2 Å². The molecule has 16 heavy (non-hydrogen) atoms. The molecule has 0 heterocycles. The number of aryl methyl sites for hydroxylation is 2. The minimum absolute atomic E-state index is 0.264. The molecule has 1 saturated carbocycles. The van der Waals surface area contributed by atoms with Gasteiger partial charge in [0.25, 0.3) is 0 Å². The molecule has 1 fully saturated rings. The van der Waals surface area contributed by atoms with Gasteiger partial charge in [0.2, 0.25) is 0 Å². The summed E-state index contributed by atoms with van der Waals surface area (Å²) in [4.78, 5) is 1.41. The Labute approximate surface area is 103 Å². The molecule has 0 radical (unpaired) electrons. The zero-order valence-electron chi connectivity index (χ0n) is 10.6. The molecule has 1 aromatic carbocycles. The van der Waals surface area contributed by atoms with Crippen LogP contribution >= 0.6 is 11.8 Å². The van der Waals surface area contributed by atoms with Crippen LogP contribution in [0.1, 0.15) is 36.5 Å². The maximum atomic E-state index is 6.17. The van der Waals surface area contributed by atoms with Gasteiger partial charge in [-0.05, 0) is 62.6 Å². The van der Waals surface area contributed by atoms with Crippen LogP contribution in [-0.4, -0.2) is 12.3 Å². The van der Waals surface area contributed by atoms with Crippen molar-refractivity contribution in [2.75, 3.05) is 6.26 Å². The maximum Gasteiger partial charge on any atom is 0.0113 e. The SMILES string of the molecule is CSc1cc(C)c(C)cc1C1(C(C)N)CC1. The van der Waals surface area contributed by atoms with Gasteiger partial charge in [-0.25, -0.2) is 0 Å². The first-order chi connectivity index (χ1) is 7.51. The van der Waals surface area contributed by atoms with E-state index in [4.69, 9.17) is 5.73 Å². The fourth-order valence-corrected chi connectivity index (χ4v) is 3.23. The average molecular weight is 235 g/mol. The topological polar surface area (TPSA) is 26.0 Å². The van der Waals surface area contributed by atoms with Crippen molar-refractivity contribution in [3.8, 4) is 0 Å². The van der Waals surface area contributed by atoms with E-state index in [-0.39, 0.29) is 11.5 Å². The standard InChI is InChI=1S/C14H21NS/c1-9-7-12(13(16-4)8-10(9)2)14(5-6-14)11(3)15/h7-8,11H,5-6,15H2,1-4H3. The molecule has 0 saturated heterocycles. The third-order valence-electron chi connectivity index (χ3n) is 4.01. The molecule has 1 aromatic rings. The molecule has 2 N–H and O–H groups in total. The van der Waals surface area contributed by atoms with Crippen LogP contribution in [0.2, 0.25) is 0 Å². The Morgan fingerprint density at radius 1 is 1.25 bits per heavy atom. The summed E-state index contributed by atoms with van der Waals surface area (Å²) in [5.74, 6) is 0. The van der Waals surface area contributed by atoms with Crippen molar-refractivity contribution >= 4 is 11.8 Å². The van der Waals surface area contributed by atoms with E-state index in [9.17, 15) is 0 Å². The lowest BCUT2D eigenvalue weighted by Crippen LogP contribution is -2.32. The highest BCUT2D eigenvalue weighted by Crippen LogP contribution is 2.53. The number of nitrogens with two attached hydrogens (primary N) is 1. The van der Waals surface area contributed by atoms with Gasteiger partial charge in [-0.15, -0.1) is 11.8 Å². The number of hydrogen-bond acceptors (Lipinski definition) is 2. The summed E-state index contributed by atoms with van der Waals surface area (Å²) in [5.41, 5.74) is 10.7. The maximum absolute atomic E-state index is 6.17. The molecule has 0 aliphatic heterocycles. The molecule has 1 atom stereocenters. The van der Waals surface area contributed by atoms with Crippen molar-refractivity contribution in [1.29, 1.82) is 0 Å². The Hall–Kier alpha value is -0.470. The zero-order chi connectivity index (χ0) is 11.9. The van der Waals surface area contributed by atoms with Gasteiger partial charge in [-0.2, -0.15) is 0 Å². The quantitative estimate of drug-likeness (QED) is 0.813. The summed E-state index contributed by atoms with van der Waals surface area (Å²) < 4.78 is 0. The molecular weight excluding hydrogens is 214 g/mol. The molecule has 0 amide bonds. The average Bonchev–Trinajstić information content (AvgIpc) is 3.02. The summed E-state index contributed by atoms with van der Waals surface area (Å²) in [6.07, 6.45) is 4.66. The molecule has 0 aromatic heterocycles.